The van der Waals surface area contributed by atoms with Crippen LogP contribution in [0.2, 0.25) is 0 Å². The highest BCUT2D eigenvalue weighted by Gasteiger charge is 1.94. The highest BCUT2D eigenvalue weighted by molar-refractivity contribution is 7.99. The van der Waals surface area contributed by atoms with E-state index in [2.05, 4.69) is 25.6 Å². The molecule has 0 rings (SSSR count). The van der Waals surface area contributed by atoms with E-state index in [0.29, 0.717) is 0 Å². The van der Waals surface area contributed by atoms with E-state index in [1.807, 2.05) is 0 Å². The van der Waals surface area contributed by atoms with Crippen molar-refractivity contribution in [1.82, 2.24) is 6.15 Å². The monoisotopic (exact) mass is 317 g/mol. The third-order valence-electron chi connectivity index (χ3n) is 4.03. The average molecular weight is 318 g/mol. The van der Waals surface area contributed by atoms with Gasteiger partial charge in [-0.1, -0.05) is 97.3 Å². The molecule has 0 aliphatic carbocycles. The van der Waals surface area contributed by atoms with E-state index in [4.69, 9.17) is 0 Å². The highest BCUT2D eigenvalue weighted by Crippen LogP contribution is 2.14. The van der Waals surface area contributed by atoms with Crippen LogP contribution in [0, 0.1) is 0 Å². The first-order chi connectivity index (χ1) is 9.91. The van der Waals surface area contributed by atoms with Crippen molar-refractivity contribution in [1.29, 1.82) is 0 Å². The van der Waals surface area contributed by atoms with Crippen LogP contribution < -0.4 is 6.15 Å². The van der Waals surface area contributed by atoms with Gasteiger partial charge in [0.15, 0.2) is 0 Å². The molecule has 0 bridgehead atoms. The van der Waals surface area contributed by atoms with E-state index in [0.717, 1.165) is 0 Å². The molecule has 0 heterocycles. The molecule has 0 aromatic carbocycles. The molecule has 130 valence electrons. The van der Waals surface area contributed by atoms with Gasteiger partial charge in [-0.2, -0.15) is 11.8 Å². The molecule has 0 amide bonds. The van der Waals surface area contributed by atoms with Gasteiger partial charge in [-0.05, 0) is 24.3 Å². The van der Waals surface area contributed by atoms with Gasteiger partial charge in [0, 0.05) is 0 Å². The first-order valence-electron chi connectivity index (χ1n) is 9.49. The molecular weight excluding hydrogens is 274 g/mol. The summed E-state index contributed by atoms with van der Waals surface area (Å²) in [4.78, 5) is 0. The SMILES string of the molecule is CCCCCCCCCCCCCSCCCCCC.N. The van der Waals surface area contributed by atoms with Crippen LogP contribution in [0.15, 0.2) is 0 Å². The van der Waals surface area contributed by atoms with Crippen molar-refractivity contribution in [3.8, 4) is 0 Å². The Labute approximate surface area is 140 Å². The van der Waals surface area contributed by atoms with Crippen LogP contribution >= 0.6 is 11.8 Å². The summed E-state index contributed by atoms with van der Waals surface area (Å²) in [5.41, 5.74) is 0. The van der Waals surface area contributed by atoms with Crippen molar-refractivity contribution in [2.75, 3.05) is 11.5 Å². The molecule has 0 aromatic rings. The second kappa shape index (κ2) is 22.6. The summed E-state index contributed by atoms with van der Waals surface area (Å²) in [6.07, 6.45) is 21.8. The van der Waals surface area contributed by atoms with Crippen LogP contribution in [0.4, 0.5) is 0 Å². The summed E-state index contributed by atoms with van der Waals surface area (Å²) in [5.74, 6) is 2.81. The number of unbranched alkanes of at least 4 members (excludes halogenated alkanes) is 13. The fourth-order valence-corrected chi connectivity index (χ4v) is 3.62. The number of hydrogen-bond acceptors (Lipinski definition) is 2. The van der Waals surface area contributed by atoms with Gasteiger partial charge in [0.25, 0.3) is 0 Å². The Morgan fingerprint density at radius 1 is 0.429 bits per heavy atom. The quantitative estimate of drug-likeness (QED) is 0.278. The predicted octanol–water partition coefficient (Wildman–Crippen LogP) is 7.77. The summed E-state index contributed by atoms with van der Waals surface area (Å²) in [7, 11) is 0. The fraction of sp³-hybridized carbons (Fsp3) is 1.00. The minimum absolute atomic E-state index is 0. The van der Waals surface area contributed by atoms with E-state index in [9.17, 15) is 0 Å². The molecule has 0 aliphatic rings. The maximum Gasteiger partial charge on any atom is -0.00675 e. The molecule has 0 fully saturated rings. The third-order valence-corrected chi connectivity index (χ3v) is 5.19. The first-order valence-corrected chi connectivity index (χ1v) is 10.6. The molecule has 2 heteroatoms. The first kappa shape index (κ1) is 23.6. The molecule has 0 saturated carbocycles. The lowest BCUT2D eigenvalue weighted by Gasteiger charge is -2.03. The minimum Gasteiger partial charge on any atom is -0.344 e. The van der Waals surface area contributed by atoms with Gasteiger partial charge in [-0.25, -0.2) is 0 Å². The topological polar surface area (TPSA) is 35.0 Å². The zero-order chi connectivity index (χ0) is 14.7. The van der Waals surface area contributed by atoms with Gasteiger partial charge in [0.1, 0.15) is 0 Å². The number of thioether (sulfide) groups is 1. The van der Waals surface area contributed by atoms with Gasteiger partial charge in [0.05, 0.1) is 0 Å². The van der Waals surface area contributed by atoms with Crippen LogP contribution in [-0.4, -0.2) is 11.5 Å². The Balaban J connectivity index is 0. The van der Waals surface area contributed by atoms with Gasteiger partial charge in [-0.15, -0.1) is 0 Å². The van der Waals surface area contributed by atoms with E-state index < -0.39 is 0 Å². The van der Waals surface area contributed by atoms with Gasteiger partial charge >= 0.3 is 0 Å². The van der Waals surface area contributed by atoms with Crippen LogP contribution in [0.25, 0.3) is 0 Å². The largest absolute Gasteiger partial charge is 0.344 e. The Morgan fingerprint density at radius 3 is 1.10 bits per heavy atom. The van der Waals surface area contributed by atoms with Crippen molar-refractivity contribution in [3.63, 3.8) is 0 Å². The lowest BCUT2D eigenvalue weighted by atomic mass is 10.1. The molecule has 1 nitrogen and oxygen atoms in total. The van der Waals surface area contributed by atoms with Crippen LogP contribution in [0.3, 0.4) is 0 Å². The zero-order valence-electron chi connectivity index (χ0n) is 15.1. The van der Waals surface area contributed by atoms with E-state index in [-0.39, 0.29) is 6.15 Å². The van der Waals surface area contributed by atoms with Gasteiger partial charge in [0.2, 0.25) is 0 Å². The van der Waals surface area contributed by atoms with Crippen molar-refractivity contribution < 1.29 is 0 Å². The normalized spacial score (nSPS) is 10.6. The van der Waals surface area contributed by atoms with E-state index in [1.54, 1.807) is 0 Å². The molecule has 0 atom stereocenters. The second-order valence-electron chi connectivity index (χ2n) is 6.21. The summed E-state index contributed by atoms with van der Waals surface area (Å²) < 4.78 is 0. The van der Waals surface area contributed by atoms with Crippen molar-refractivity contribution in [2.45, 2.75) is 110 Å². The fourth-order valence-electron chi connectivity index (χ4n) is 2.60. The van der Waals surface area contributed by atoms with Crippen LogP contribution in [0.1, 0.15) is 110 Å². The third kappa shape index (κ3) is 22.7. The Bertz CT molecular complexity index is 144. The van der Waals surface area contributed by atoms with Crippen LogP contribution in [0.5, 0.6) is 0 Å². The number of rotatable bonds is 17. The summed E-state index contributed by atoms with van der Waals surface area (Å²) in [6, 6.07) is 0. The molecule has 0 saturated heterocycles. The van der Waals surface area contributed by atoms with Crippen molar-refractivity contribution >= 4 is 11.8 Å². The molecule has 3 N–H and O–H groups in total. The maximum atomic E-state index is 2.30. The predicted molar refractivity (Wildman–Crippen MR) is 103 cm³/mol. The summed E-state index contributed by atoms with van der Waals surface area (Å²) in [6.45, 7) is 4.59. The summed E-state index contributed by atoms with van der Waals surface area (Å²) in [5, 5.41) is 0. The molecule has 0 unspecified atom stereocenters. The van der Waals surface area contributed by atoms with Crippen molar-refractivity contribution in [2.24, 2.45) is 0 Å². The Morgan fingerprint density at radius 2 is 0.714 bits per heavy atom. The molecule has 0 aliphatic heterocycles. The van der Waals surface area contributed by atoms with Crippen molar-refractivity contribution in [3.05, 3.63) is 0 Å². The van der Waals surface area contributed by atoms with Crippen LogP contribution in [-0.2, 0) is 0 Å². The zero-order valence-corrected chi connectivity index (χ0v) is 16.0. The Kier molecular flexibility index (Phi) is 25.4. The smallest absolute Gasteiger partial charge is 0.00675 e. The average Bonchev–Trinajstić information content (AvgIpc) is 2.47. The highest BCUT2D eigenvalue weighted by atomic mass is 32.2. The van der Waals surface area contributed by atoms with E-state index in [1.165, 1.54) is 108 Å². The van der Waals surface area contributed by atoms with Gasteiger partial charge in [-0.3, -0.25) is 0 Å². The molecule has 0 aromatic heterocycles. The molecule has 0 radical (unpaired) electrons. The lowest BCUT2D eigenvalue weighted by Crippen LogP contribution is -1.86. The standard InChI is InChI=1S/C19H40S.H3N/c1-3-5-7-9-10-11-12-13-14-15-17-19-20-18-16-8-6-4-2;/h3-19H2,1-2H3;1H3. The second-order valence-corrected chi connectivity index (χ2v) is 7.43. The number of hydrogen-bond donors (Lipinski definition) is 1. The maximum absolute atomic E-state index is 2.30. The van der Waals surface area contributed by atoms with Gasteiger partial charge < -0.3 is 6.15 Å². The molecule has 0 spiro atoms. The summed E-state index contributed by atoms with van der Waals surface area (Å²) >= 11 is 2.18. The molecule has 21 heavy (non-hydrogen) atoms. The minimum atomic E-state index is 0. The Hall–Kier alpha value is 0.310. The van der Waals surface area contributed by atoms with E-state index >= 15 is 0 Å². The molecular formula is C19H43NS. The lowest BCUT2D eigenvalue weighted by molar-refractivity contribution is 0.555.